The van der Waals surface area contributed by atoms with E-state index in [2.05, 4.69) is 26.6 Å². The molecule has 0 aliphatic carbocycles. The summed E-state index contributed by atoms with van der Waals surface area (Å²) >= 11 is 3.48. The molecule has 0 aliphatic heterocycles. The highest BCUT2D eigenvalue weighted by Gasteiger charge is 2.05. The number of hydrogen-bond donors (Lipinski definition) is 2. The van der Waals surface area contributed by atoms with Gasteiger partial charge in [0.1, 0.15) is 5.82 Å². The molecule has 2 N–H and O–H groups in total. The molecule has 5 heteroatoms. The monoisotopic (exact) mass is 364 g/mol. The van der Waals surface area contributed by atoms with E-state index in [0.717, 1.165) is 10.2 Å². The molecule has 2 aromatic carbocycles. The lowest BCUT2D eigenvalue weighted by atomic mass is 10.2. The van der Waals surface area contributed by atoms with E-state index in [1.807, 2.05) is 25.1 Å². The summed E-state index contributed by atoms with van der Waals surface area (Å²) in [6, 6.07) is 12.4. The van der Waals surface area contributed by atoms with Crippen LogP contribution in [0, 0.1) is 12.7 Å². The van der Waals surface area contributed by atoms with E-state index in [9.17, 15) is 9.18 Å². The topological polar surface area (TPSA) is 41.1 Å². The molecular weight excluding hydrogens is 347 g/mol. The number of aryl methyl sites for hydroxylation is 1. The standard InChI is InChI=1S/C17H18BrFN2O/c1-12-6-7-16(14(18)10-12)20-9-8-17(22)21-11-13-4-2-3-5-15(13)19/h2-7,10,20H,8-9,11H2,1H3,(H,21,22). The van der Waals surface area contributed by atoms with Crippen molar-refractivity contribution in [2.75, 3.05) is 11.9 Å². The van der Waals surface area contributed by atoms with Gasteiger partial charge in [0.25, 0.3) is 0 Å². The lowest BCUT2D eigenvalue weighted by Gasteiger charge is -2.10. The Morgan fingerprint density at radius 2 is 2.00 bits per heavy atom. The van der Waals surface area contributed by atoms with Crippen LogP contribution in [0.15, 0.2) is 46.9 Å². The van der Waals surface area contributed by atoms with Crippen LogP contribution in [0.25, 0.3) is 0 Å². The largest absolute Gasteiger partial charge is 0.384 e. The summed E-state index contributed by atoms with van der Waals surface area (Å²) in [5, 5.41) is 5.92. The predicted octanol–water partition coefficient (Wildman–Crippen LogP) is 4.02. The fourth-order valence-corrected chi connectivity index (χ4v) is 2.63. The van der Waals surface area contributed by atoms with Gasteiger partial charge in [-0.2, -0.15) is 0 Å². The van der Waals surface area contributed by atoms with Crippen molar-refractivity contribution in [3.8, 4) is 0 Å². The molecule has 0 fully saturated rings. The van der Waals surface area contributed by atoms with E-state index in [4.69, 9.17) is 0 Å². The Morgan fingerprint density at radius 3 is 2.73 bits per heavy atom. The molecule has 2 aromatic rings. The molecule has 0 heterocycles. The van der Waals surface area contributed by atoms with Crippen LogP contribution in [0.5, 0.6) is 0 Å². The fraction of sp³-hybridized carbons (Fsp3) is 0.235. The number of nitrogens with one attached hydrogen (secondary N) is 2. The molecule has 22 heavy (non-hydrogen) atoms. The minimum atomic E-state index is -0.301. The van der Waals surface area contributed by atoms with Crippen molar-refractivity contribution in [1.82, 2.24) is 5.32 Å². The molecule has 0 unspecified atom stereocenters. The maximum atomic E-state index is 13.4. The summed E-state index contributed by atoms with van der Waals surface area (Å²) in [4.78, 5) is 11.8. The third-order valence-corrected chi connectivity index (χ3v) is 3.88. The third-order valence-electron chi connectivity index (χ3n) is 3.23. The first-order valence-electron chi connectivity index (χ1n) is 7.06. The molecule has 0 radical (unpaired) electrons. The molecule has 0 spiro atoms. The third kappa shape index (κ3) is 4.84. The van der Waals surface area contributed by atoms with Gasteiger partial charge in [0.2, 0.25) is 5.91 Å². The molecule has 0 atom stereocenters. The van der Waals surface area contributed by atoms with Crippen LogP contribution < -0.4 is 10.6 Å². The number of carbonyl (C=O) groups is 1. The van der Waals surface area contributed by atoms with Crippen molar-refractivity contribution in [1.29, 1.82) is 0 Å². The van der Waals surface area contributed by atoms with Crippen molar-refractivity contribution >= 4 is 27.5 Å². The second-order valence-corrected chi connectivity index (χ2v) is 5.88. The maximum Gasteiger partial charge on any atom is 0.222 e. The van der Waals surface area contributed by atoms with Gasteiger partial charge in [-0.15, -0.1) is 0 Å². The highest BCUT2D eigenvalue weighted by Crippen LogP contribution is 2.23. The predicted molar refractivity (Wildman–Crippen MR) is 90.2 cm³/mol. The van der Waals surface area contributed by atoms with Gasteiger partial charge < -0.3 is 10.6 Å². The molecule has 0 aromatic heterocycles. The average molecular weight is 365 g/mol. The number of anilines is 1. The van der Waals surface area contributed by atoms with Crippen LogP contribution in [0.3, 0.4) is 0 Å². The lowest BCUT2D eigenvalue weighted by Crippen LogP contribution is -2.25. The summed E-state index contributed by atoms with van der Waals surface area (Å²) in [5.74, 6) is -0.413. The quantitative estimate of drug-likeness (QED) is 0.812. The van der Waals surface area contributed by atoms with E-state index in [1.165, 1.54) is 11.6 Å². The number of amides is 1. The van der Waals surface area contributed by atoms with Crippen LogP contribution in [0.4, 0.5) is 10.1 Å². The van der Waals surface area contributed by atoms with Crippen LogP contribution >= 0.6 is 15.9 Å². The normalized spacial score (nSPS) is 10.3. The zero-order chi connectivity index (χ0) is 15.9. The molecule has 3 nitrogen and oxygen atoms in total. The van der Waals surface area contributed by atoms with Gasteiger partial charge in [-0.05, 0) is 46.6 Å². The van der Waals surface area contributed by atoms with E-state index in [1.54, 1.807) is 18.2 Å². The highest BCUT2D eigenvalue weighted by atomic mass is 79.9. The minimum Gasteiger partial charge on any atom is -0.384 e. The first kappa shape index (κ1) is 16.5. The molecule has 0 aliphatic rings. The van der Waals surface area contributed by atoms with Crippen molar-refractivity contribution in [3.63, 3.8) is 0 Å². The molecule has 0 saturated heterocycles. The summed E-state index contributed by atoms with van der Waals surface area (Å²) < 4.78 is 14.4. The van der Waals surface area contributed by atoms with Crippen LogP contribution in [-0.4, -0.2) is 12.5 Å². The summed E-state index contributed by atoms with van der Waals surface area (Å²) in [7, 11) is 0. The van der Waals surface area contributed by atoms with Crippen molar-refractivity contribution in [3.05, 3.63) is 63.9 Å². The molecule has 2 rings (SSSR count). The number of halogens is 2. The van der Waals surface area contributed by atoms with Crippen molar-refractivity contribution in [2.45, 2.75) is 19.9 Å². The summed E-state index contributed by atoms with van der Waals surface area (Å²) in [6.07, 6.45) is 0.328. The first-order valence-corrected chi connectivity index (χ1v) is 7.85. The Labute approximate surface area is 138 Å². The van der Waals surface area contributed by atoms with E-state index >= 15 is 0 Å². The average Bonchev–Trinajstić information content (AvgIpc) is 2.49. The maximum absolute atomic E-state index is 13.4. The fourth-order valence-electron chi connectivity index (χ4n) is 2.00. The van der Waals surface area contributed by atoms with Crippen LogP contribution in [-0.2, 0) is 11.3 Å². The van der Waals surface area contributed by atoms with Gasteiger partial charge in [-0.3, -0.25) is 4.79 Å². The van der Waals surface area contributed by atoms with E-state index < -0.39 is 0 Å². The van der Waals surface area contributed by atoms with Gasteiger partial charge >= 0.3 is 0 Å². The molecule has 0 saturated carbocycles. The Kier molecular flexibility index (Phi) is 5.95. The van der Waals surface area contributed by atoms with Gasteiger partial charge in [-0.25, -0.2) is 4.39 Å². The Balaban J connectivity index is 1.75. The van der Waals surface area contributed by atoms with Crippen LogP contribution in [0.2, 0.25) is 0 Å². The smallest absolute Gasteiger partial charge is 0.222 e. The lowest BCUT2D eigenvalue weighted by molar-refractivity contribution is -0.121. The van der Waals surface area contributed by atoms with E-state index in [-0.39, 0.29) is 18.3 Å². The van der Waals surface area contributed by atoms with Crippen molar-refractivity contribution in [2.24, 2.45) is 0 Å². The van der Waals surface area contributed by atoms with E-state index in [0.29, 0.717) is 18.5 Å². The Bertz CT molecular complexity index is 661. The van der Waals surface area contributed by atoms with Gasteiger partial charge in [0, 0.05) is 35.2 Å². The highest BCUT2D eigenvalue weighted by molar-refractivity contribution is 9.10. The van der Waals surface area contributed by atoms with Gasteiger partial charge in [-0.1, -0.05) is 24.3 Å². The van der Waals surface area contributed by atoms with Gasteiger partial charge in [0.05, 0.1) is 0 Å². The molecule has 116 valence electrons. The number of benzene rings is 2. The minimum absolute atomic E-state index is 0.112. The number of rotatable bonds is 6. The SMILES string of the molecule is Cc1ccc(NCCC(=O)NCc2ccccc2F)c(Br)c1. The molecule has 1 amide bonds. The van der Waals surface area contributed by atoms with Crippen LogP contribution in [0.1, 0.15) is 17.5 Å². The second-order valence-electron chi connectivity index (χ2n) is 5.03. The van der Waals surface area contributed by atoms with Crippen molar-refractivity contribution < 1.29 is 9.18 Å². The summed E-state index contributed by atoms with van der Waals surface area (Å²) in [5.41, 5.74) is 2.61. The first-order chi connectivity index (χ1) is 10.6. The summed E-state index contributed by atoms with van der Waals surface area (Å²) in [6.45, 7) is 2.75. The Morgan fingerprint density at radius 1 is 1.23 bits per heavy atom. The second kappa shape index (κ2) is 7.94. The molecular formula is C17H18BrFN2O. The number of hydrogen-bond acceptors (Lipinski definition) is 2. The Hall–Kier alpha value is -1.88. The van der Waals surface area contributed by atoms with Gasteiger partial charge in [0.15, 0.2) is 0 Å². The zero-order valence-corrected chi connectivity index (χ0v) is 13.9. The number of carbonyl (C=O) groups excluding carboxylic acids is 1. The molecule has 0 bridgehead atoms. The zero-order valence-electron chi connectivity index (χ0n) is 12.3.